The molecule has 0 aromatic heterocycles. The molecule has 2 rings (SSSR count). The average Bonchev–Trinajstić information content (AvgIpc) is 2.52. The van der Waals surface area contributed by atoms with Crippen LogP contribution in [0.5, 0.6) is 5.75 Å². The van der Waals surface area contributed by atoms with Gasteiger partial charge in [-0.3, -0.25) is 9.69 Å². The maximum Gasteiger partial charge on any atom is 0.416 e. The van der Waals surface area contributed by atoms with Crippen LogP contribution >= 0.6 is 0 Å². The Hall–Kier alpha value is -1.60. The minimum absolute atomic E-state index is 0.0247. The molecule has 1 aromatic carbocycles. The van der Waals surface area contributed by atoms with Crippen molar-refractivity contribution in [1.29, 1.82) is 0 Å². The van der Waals surface area contributed by atoms with Crippen molar-refractivity contribution in [3.63, 3.8) is 0 Å². The Bertz CT molecular complexity index is 540. The Morgan fingerprint density at radius 3 is 2.50 bits per heavy atom. The van der Waals surface area contributed by atoms with Gasteiger partial charge >= 0.3 is 6.18 Å². The first-order chi connectivity index (χ1) is 10.3. The lowest BCUT2D eigenvalue weighted by molar-refractivity contribution is -0.137. The Morgan fingerprint density at radius 2 is 1.95 bits per heavy atom. The quantitative estimate of drug-likeness (QED) is 0.865. The monoisotopic (exact) mass is 316 g/mol. The molecule has 1 atom stereocenters. The lowest BCUT2D eigenvalue weighted by Gasteiger charge is -2.32. The van der Waals surface area contributed by atoms with Gasteiger partial charge in [0.15, 0.2) is 5.78 Å². The van der Waals surface area contributed by atoms with Gasteiger partial charge in [-0.2, -0.15) is 13.2 Å². The molecule has 0 radical (unpaired) electrons. The summed E-state index contributed by atoms with van der Waals surface area (Å²) >= 11 is 0. The van der Waals surface area contributed by atoms with Crippen molar-refractivity contribution in [3.05, 3.63) is 29.3 Å². The third-order valence-corrected chi connectivity index (χ3v) is 3.87. The Labute approximate surface area is 127 Å². The number of carbonyl (C=O) groups excluding carboxylic acids is 1. The fourth-order valence-corrected chi connectivity index (χ4v) is 2.54. The number of piperazine rings is 1. The van der Waals surface area contributed by atoms with E-state index in [1.54, 1.807) is 6.92 Å². The van der Waals surface area contributed by atoms with Crippen LogP contribution < -0.4 is 10.1 Å². The molecular weight excluding hydrogens is 297 g/mol. The van der Waals surface area contributed by atoms with E-state index in [0.717, 1.165) is 25.2 Å². The van der Waals surface area contributed by atoms with Crippen LogP contribution in [0.3, 0.4) is 0 Å². The van der Waals surface area contributed by atoms with Crippen LogP contribution in [-0.4, -0.2) is 50.0 Å². The van der Waals surface area contributed by atoms with Crippen molar-refractivity contribution in [2.24, 2.45) is 0 Å². The minimum atomic E-state index is -4.49. The SMILES string of the molecule is COc1ccc(C(F)(F)F)cc1C(=O)C(C)N1CCNCC1. The summed E-state index contributed by atoms with van der Waals surface area (Å²) in [5.41, 5.74) is -0.868. The number of hydrogen-bond donors (Lipinski definition) is 1. The number of carbonyl (C=O) groups is 1. The molecule has 1 heterocycles. The number of hydrogen-bond acceptors (Lipinski definition) is 4. The van der Waals surface area contributed by atoms with Gasteiger partial charge in [-0.05, 0) is 25.1 Å². The van der Waals surface area contributed by atoms with Gasteiger partial charge < -0.3 is 10.1 Å². The largest absolute Gasteiger partial charge is 0.496 e. The first-order valence-corrected chi connectivity index (χ1v) is 7.09. The molecule has 0 spiro atoms. The van der Waals surface area contributed by atoms with E-state index in [2.05, 4.69) is 5.32 Å². The third kappa shape index (κ3) is 3.59. The van der Waals surface area contributed by atoms with E-state index in [4.69, 9.17) is 4.74 Å². The number of halogens is 3. The molecule has 0 bridgehead atoms. The van der Waals surface area contributed by atoms with Gasteiger partial charge in [-0.15, -0.1) is 0 Å². The summed E-state index contributed by atoms with van der Waals surface area (Å²) in [6.07, 6.45) is -4.49. The number of nitrogens with one attached hydrogen (secondary N) is 1. The number of nitrogens with zero attached hydrogens (tertiary/aromatic N) is 1. The van der Waals surface area contributed by atoms with E-state index in [0.29, 0.717) is 13.1 Å². The van der Waals surface area contributed by atoms with Gasteiger partial charge in [0.2, 0.25) is 0 Å². The predicted octanol–water partition coefficient (Wildman–Crippen LogP) is 2.19. The molecule has 4 nitrogen and oxygen atoms in total. The van der Waals surface area contributed by atoms with Crippen LogP contribution in [0.25, 0.3) is 0 Å². The molecule has 1 aromatic rings. The van der Waals surface area contributed by atoms with Crippen molar-refractivity contribution in [2.45, 2.75) is 19.1 Å². The second kappa shape index (κ2) is 6.66. The van der Waals surface area contributed by atoms with Gasteiger partial charge in [0, 0.05) is 26.2 Å². The van der Waals surface area contributed by atoms with Crippen molar-refractivity contribution in [1.82, 2.24) is 10.2 Å². The molecule has 1 aliphatic rings. The van der Waals surface area contributed by atoms with Crippen LogP contribution in [0.1, 0.15) is 22.8 Å². The summed E-state index contributed by atoms with van der Waals surface area (Å²) < 4.78 is 43.6. The number of Topliss-reactive ketones (excluding diaryl/α,β-unsaturated/α-hetero) is 1. The molecule has 1 fully saturated rings. The van der Waals surface area contributed by atoms with E-state index in [-0.39, 0.29) is 17.1 Å². The number of rotatable bonds is 4. The van der Waals surface area contributed by atoms with Crippen LogP contribution in [-0.2, 0) is 6.18 Å². The molecule has 1 aliphatic heterocycles. The molecule has 22 heavy (non-hydrogen) atoms. The predicted molar refractivity (Wildman–Crippen MR) is 76.2 cm³/mol. The second-order valence-electron chi connectivity index (χ2n) is 5.24. The van der Waals surface area contributed by atoms with E-state index < -0.39 is 17.8 Å². The number of alkyl halides is 3. The topological polar surface area (TPSA) is 41.6 Å². The van der Waals surface area contributed by atoms with E-state index >= 15 is 0 Å². The number of benzene rings is 1. The number of ketones is 1. The highest BCUT2D eigenvalue weighted by molar-refractivity contribution is 6.02. The van der Waals surface area contributed by atoms with Crippen molar-refractivity contribution in [3.8, 4) is 5.75 Å². The summed E-state index contributed by atoms with van der Waals surface area (Å²) in [4.78, 5) is 14.6. The normalized spacial score (nSPS) is 18.0. The molecule has 1 N–H and O–H groups in total. The fourth-order valence-electron chi connectivity index (χ4n) is 2.54. The standard InChI is InChI=1S/C15H19F3N2O2/c1-10(20-7-5-19-6-8-20)14(21)12-9-11(15(16,17)18)3-4-13(12)22-2/h3-4,9-10,19H,5-8H2,1-2H3. The summed E-state index contributed by atoms with van der Waals surface area (Å²) in [5, 5.41) is 3.17. The smallest absolute Gasteiger partial charge is 0.416 e. The third-order valence-electron chi connectivity index (χ3n) is 3.87. The first-order valence-electron chi connectivity index (χ1n) is 7.09. The molecular formula is C15H19F3N2O2. The van der Waals surface area contributed by atoms with Crippen molar-refractivity contribution >= 4 is 5.78 Å². The van der Waals surface area contributed by atoms with Gasteiger partial charge in [0.05, 0.1) is 24.3 Å². The lowest BCUT2D eigenvalue weighted by atomic mass is 10.00. The van der Waals surface area contributed by atoms with Crippen LogP contribution in [0.2, 0.25) is 0 Å². The van der Waals surface area contributed by atoms with E-state index in [1.165, 1.54) is 13.2 Å². The average molecular weight is 316 g/mol. The zero-order valence-corrected chi connectivity index (χ0v) is 12.5. The first kappa shape index (κ1) is 16.8. The zero-order chi connectivity index (χ0) is 16.3. The second-order valence-corrected chi connectivity index (χ2v) is 5.24. The molecule has 7 heteroatoms. The number of ether oxygens (including phenoxy) is 1. The minimum Gasteiger partial charge on any atom is -0.496 e. The van der Waals surface area contributed by atoms with Gasteiger partial charge in [0.25, 0.3) is 0 Å². The summed E-state index contributed by atoms with van der Waals surface area (Å²) in [6.45, 7) is 4.62. The Balaban J connectivity index is 2.30. The highest BCUT2D eigenvalue weighted by Crippen LogP contribution is 2.33. The summed E-state index contributed by atoms with van der Waals surface area (Å²) in [7, 11) is 1.34. The van der Waals surface area contributed by atoms with Crippen LogP contribution in [0.15, 0.2) is 18.2 Å². The summed E-state index contributed by atoms with van der Waals surface area (Å²) in [6, 6.07) is 2.50. The molecule has 1 saturated heterocycles. The highest BCUT2D eigenvalue weighted by Gasteiger charge is 2.33. The molecule has 122 valence electrons. The molecule has 0 saturated carbocycles. The van der Waals surface area contributed by atoms with Gasteiger partial charge in [-0.1, -0.05) is 0 Å². The van der Waals surface area contributed by atoms with Crippen molar-refractivity contribution < 1.29 is 22.7 Å². The van der Waals surface area contributed by atoms with Gasteiger partial charge in [-0.25, -0.2) is 0 Å². The zero-order valence-electron chi connectivity index (χ0n) is 12.5. The highest BCUT2D eigenvalue weighted by atomic mass is 19.4. The maximum absolute atomic E-state index is 12.9. The lowest BCUT2D eigenvalue weighted by Crippen LogP contribution is -2.50. The van der Waals surface area contributed by atoms with Crippen molar-refractivity contribution in [2.75, 3.05) is 33.3 Å². The van der Waals surface area contributed by atoms with Crippen LogP contribution in [0, 0.1) is 0 Å². The molecule has 0 amide bonds. The molecule has 0 aliphatic carbocycles. The maximum atomic E-state index is 12.9. The van der Waals surface area contributed by atoms with E-state index in [1.807, 2.05) is 4.90 Å². The van der Waals surface area contributed by atoms with Gasteiger partial charge in [0.1, 0.15) is 5.75 Å². The van der Waals surface area contributed by atoms with E-state index in [9.17, 15) is 18.0 Å². The Kier molecular flexibility index (Phi) is 5.08. The summed E-state index contributed by atoms with van der Waals surface area (Å²) in [5.74, 6) is -0.190. The fraction of sp³-hybridized carbons (Fsp3) is 0.533. The molecule has 1 unspecified atom stereocenters. The Morgan fingerprint density at radius 1 is 1.32 bits per heavy atom. The van der Waals surface area contributed by atoms with Crippen LogP contribution in [0.4, 0.5) is 13.2 Å². The number of methoxy groups -OCH3 is 1.